The molecule has 0 saturated carbocycles. The average molecular weight is 314 g/mol. The number of Topliss-reactive ketones (excluding diaryl/α,β-unsaturated/α-hetero) is 1. The number of nitrogens with zero attached hydrogens (tertiary/aromatic N) is 2. The Bertz CT molecular complexity index is 499. The molecule has 0 spiro atoms. The summed E-state index contributed by atoms with van der Waals surface area (Å²) in [6.45, 7) is 0.805. The van der Waals surface area contributed by atoms with Crippen molar-refractivity contribution in [2.75, 3.05) is 20.6 Å². The van der Waals surface area contributed by atoms with Gasteiger partial charge in [-0.15, -0.1) is 12.4 Å². The molecule has 9 heteroatoms. The second kappa shape index (κ2) is 7.15. The number of hydrogen-bond acceptors (Lipinski definition) is 6. The first kappa shape index (κ1) is 17.5. The molecule has 0 aromatic carbocycles. The lowest BCUT2D eigenvalue weighted by atomic mass is 10.2. The van der Waals surface area contributed by atoms with Crippen LogP contribution in [0.3, 0.4) is 0 Å². The highest BCUT2D eigenvalue weighted by molar-refractivity contribution is 7.91. The molecule has 0 amide bonds. The van der Waals surface area contributed by atoms with Crippen LogP contribution in [-0.4, -0.2) is 44.7 Å². The molecule has 18 heavy (non-hydrogen) atoms. The van der Waals surface area contributed by atoms with E-state index in [1.807, 2.05) is 19.0 Å². The summed E-state index contributed by atoms with van der Waals surface area (Å²) >= 11 is 0.820. The van der Waals surface area contributed by atoms with Gasteiger partial charge in [0.05, 0.1) is 6.20 Å². The van der Waals surface area contributed by atoms with E-state index in [2.05, 4.69) is 4.98 Å². The summed E-state index contributed by atoms with van der Waals surface area (Å²) in [5.74, 6) is -0.147. The van der Waals surface area contributed by atoms with Crippen molar-refractivity contribution in [1.29, 1.82) is 0 Å². The van der Waals surface area contributed by atoms with Gasteiger partial charge in [0.2, 0.25) is 10.0 Å². The highest BCUT2D eigenvalue weighted by Crippen LogP contribution is 2.18. The van der Waals surface area contributed by atoms with Crippen LogP contribution in [-0.2, 0) is 10.0 Å². The van der Waals surface area contributed by atoms with Gasteiger partial charge in [0, 0.05) is 6.42 Å². The van der Waals surface area contributed by atoms with Gasteiger partial charge in [-0.05, 0) is 27.1 Å². The van der Waals surface area contributed by atoms with Crippen LogP contribution >= 0.6 is 23.7 Å². The van der Waals surface area contributed by atoms with Gasteiger partial charge >= 0.3 is 0 Å². The maximum atomic E-state index is 11.7. The normalized spacial score (nSPS) is 11.3. The van der Waals surface area contributed by atoms with Crippen LogP contribution in [0.1, 0.15) is 22.6 Å². The number of rotatable bonds is 6. The first-order valence-electron chi connectivity index (χ1n) is 4.97. The summed E-state index contributed by atoms with van der Waals surface area (Å²) in [5, 5.41) is 5.14. The number of aromatic nitrogens is 1. The van der Waals surface area contributed by atoms with Crippen molar-refractivity contribution >= 4 is 39.6 Å². The molecule has 104 valence electrons. The summed E-state index contributed by atoms with van der Waals surface area (Å²) in [6, 6.07) is 0. The van der Waals surface area contributed by atoms with Crippen LogP contribution < -0.4 is 5.14 Å². The number of ketones is 1. The molecule has 0 bridgehead atoms. The first-order chi connectivity index (χ1) is 7.80. The van der Waals surface area contributed by atoms with E-state index in [0.717, 1.165) is 30.5 Å². The lowest BCUT2D eigenvalue weighted by Gasteiger charge is -2.07. The van der Waals surface area contributed by atoms with E-state index in [1.165, 1.54) is 0 Å². The van der Waals surface area contributed by atoms with Crippen LogP contribution in [0.25, 0.3) is 0 Å². The van der Waals surface area contributed by atoms with Crippen molar-refractivity contribution in [1.82, 2.24) is 9.88 Å². The van der Waals surface area contributed by atoms with Gasteiger partial charge < -0.3 is 4.90 Å². The molecule has 0 saturated heterocycles. The second-order valence-corrected chi connectivity index (χ2v) is 6.68. The fourth-order valence-corrected chi connectivity index (χ4v) is 2.70. The molecule has 2 N–H and O–H groups in total. The number of sulfonamides is 1. The molecule has 0 fully saturated rings. The summed E-state index contributed by atoms with van der Waals surface area (Å²) in [6.07, 6.45) is 2.20. The topological polar surface area (TPSA) is 93.4 Å². The fourth-order valence-electron chi connectivity index (χ4n) is 1.18. The molecule has 0 aliphatic carbocycles. The van der Waals surface area contributed by atoms with E-state index in [0.29, 0.717) is 6.42 Å². The van der Waals surface area contributed by atoms with Gasteiger partial charge in [-0.2, -0.15) is 0 Å². The van der Waals surface area contributed by atoms with E-state index in [4.69, 9.17) is 5.14 Å². The third-order valence-electron chi connectivity index (χ3n) is 2.01. The minimum atomic E-state index is -3.75. The number of carbonyl (C=O) groups is 1. The van der Waals surface area contributed by atoms with Crippen LogP contribution in [0.2, 0.25) is 0 Å². The number of nitrogens with two attached hydrogens (primary N) is 1. The summed E-state index contributed by atoms with van der Waals surface area (Å²) in [7, 11) is 0.0933. The van der Waals surface area contributed by atoms with Crippen molar-refractivity contribution in [3.05, 3.63) is 11.2 Å². The third-order valence-corrected chi connectivity index (χ3v) is 4.46. The zero-order valence-electron chi connectivity index (χ0n) is 10.1. The maximum Gasteiger partial charge on any atom is 0.249 e. The Labute approximate surface area is 117 Å². The molecular weight excluding hydrogens is 298 g/mol. The van der Waals surface area contributed by atoms with E-state index in [9.17, 15) is 13.2 Å². The Balaban J connectivity index is 0.00000289. The molecule has 0 aliphatic rings. The molecule has 0 atom stereocenters. The summed E-state index contributed by atoms with van der Waals surface area (Å²) < 4.78 is 21.9. The Kier molecular flexibility index (Phi) is 6.93. The van der Waals surface area contributed by atoms with Crippen molar-refractivity contribution in [2.24, 2.45) is 5.14 Å². The van der Waals surface area contributed by atoms with Crippen LogP contribution in [0.5, 0.6) is 0 Å². The number of primary sulfonamides is 1. The molecule has 6 nitrogen and oxygen atoms in total. The molecule has 1 rings (SSSR count). The number of hydrogen-bond donors (Lipinski definition) is 1. The quantitative estimate of drug-likeness (QED) is 0.782. The van der Waals surface area contributed by atoms with E-state index >= 15 is 0 Å². The average Bonchev–Trinajstić information content (AvgIpc) is 2.64. The predicted molar refractivity (Wildman–Crippen MR) is 72.9 cm³/mol. The Morgan fingerprint density at radius 1 is 1.50 bits per heavy atom. The Hall–Kier alpha value is -0.540. The molecule has 1 heterocycles. The minimum Gasteiger partial charge on any atom is -0.309 e. The standard InChI is InChI=1S/C9H15N3O3S2.ClH/c1-12(2)5-3-4-7(13)9-11-6-8(16-9)17(10,14)15;/h6H,3-5H2,1-2H3,(H2,10,14,15);1H. The minimum absolute atomic E-state index is 0. The smallest absolute Gasteiger partial charge is 0.249 e. The number of thiazole rings is 1. The van der Waals surface area contributed by atoms with Crippen molar-refractivity contribution < 1.29 is 13.2 Å². The summed E-state index contributed by atoms with van der Waals surface area (Å²) in [4.78, 5) is 17.4. The predicted octanol–water partition coefficient (Wildman–Crippen LogP) is 0.737. The zero-order chi connectivity index (χ0) is 13.1. The third kappa shape index (κ3) is 5.40. The van der Waals surface area contributed by atoms with Crippen LogP contribution in [0, 0.1) is 0 Å². The Morgan fingerprint density at radius 2 is 2.11 bits per heavy atom. The second-order valence-electron chi connectivity index (χ2n) is 3.86. The van der Waals surface area contributed by atoms with E-state index in [-0.39, 0.29) is 27.4 Å². The van der Waals surface area contributed by atoms with Gasteiger partial charge in [0.15, 0.2) is 15.0 Å². The van der Waals surface area contributed by atoms with Crippen LogP contribution in [0.15, 0.2) is 10.4 Å². The fraction of sp³-hybridized carbons (Fsp3) is 0.556. The molecular formula is C9H16ClN3O3S2. The van der Waals surface area contributed by atoms with Gasteiger partial charge in [-0.25, -0.2) is 18.5 Å². The Morgan fingerprint density at radius 3 is 2.56 bits per heavy atom. The molecule has 1 aromatic rings. The lowest BCUT2D eigenvalue weighted by molar-refractivity contribution is 0.0977. The molecule has 0 unspecified atom stereocenters. The lowest BCUT2D eigenvalue weighted by Crippen LogP contribution is -2.14. The molecule has 1 aromatic heterocycles. The molecule has 0 radical (unpaired) electrons. The summed E-state index contributed by atoms with van der Waals surface area (Å²) in [5.41, 5.74) is 0. The van der Waals surface area contributed by atoms with E-state index < -0.39 is 10.0 Å². The van der Waals surface area contributed by atoms with Crippen LogP contribution in [0.4, 0.5) is 0 Å². The zero-order valence-corrected chi connectivity index (χ0v) is 12.6. The molecule has 0 aliphatic heterocycles. The first-order valence-corrected chi connectivity index (χ1v) is 7.33. The SMILES string of the molecule is CN(C)CCCC(=O)c1ncc(S(N)(=O)=O)s1.Cl. The van der Waals surface area contributed by atoms with Gasteiger partial charge in [0.1, 0.15) is 0 Å². The van der Waals surface area contributed by atoms with Gasteiger partial charge in [0.25, 0.3) is 0 Å². The van der Waals surface area contributed by atoms with Gasteiger partial charge in [-0.3, -0.25) is 4.79 Å². The monoisotopic (exact) mass is 313 g/mol. The van der Waals surface area contributed by atoms with Gasteiger partial charge in [-0.1, -0.05) is 11.3 Å². The number of carbonyl (C=O) groups excluding carboxylic acids is 1. The largest absolute Gasteiger partial charge is 0.309 e. The number of halogens is 1. The highest BCUT2D eigenvalue weighted by Gasteiger charge is 2.16. The maximum absolute atomic E-state index is 11.7. The highest BCUT2D eigenvalue weighted by atomic mass is 35.5. The van der Waals surface area contributed by atoms with Crippen molar-refractivity contribution in [3.8, 4) is 0 Å². The van der Waals surface area contributed by atoms with E-state index in [1.54, 1.807) is 0 Å². The van der Waals surface area contributed by atoms with Crippen molar-refractivity contribution in [3.63, 3.8) is 0 Å². The van der Waals surface area contributed by atoms with Crippen molar-refractivity contribution in [2.45, 2.75) is 17.1 Å².